The first-order valence-electron chi connectivity index (χ1n) is 5.88. The summed E-state index contributed by atoms with van der Waals surface area (Å²) < 4.78 is 13.8. The van der Waals surface area contributed by atoms with Crippen molar-refractivity contribution in [3.05, 3.63) is 52.4 Å². The number of rotatable bonds is 4. The van der Waals surface area contributed by atoms with Crippen molar-refractivity contribution in [3.8, 4) is 0 Å². The Morgan fingerprint density at radius 3 is 2.79 bits per heavy atom. The van der Waals surface area contributed by atoms with E-state index in [1.807, 2.05) is 31.1 Å². The third kappa shape index (κ3) is 3.44. The molecule has 1 aromatic heterocycles. The molecular weight excluding hydrogens is 309 g/mol. The molecule has 0 saturated carbocycles. The minimum atomic E-state index is -0.244. The Balaban J connectivity index is 2.14. The molecule has 0 aliphatic rings. The van der Waals surface area contributed by atoms with Gasteiger partial charge in [0, 0.05) is 31.3 Å². The molecule has 1 heterocycles. The van der Waals surface area contributed by atoms with Gasteiger partial charge in [-0.05, 0) is 29.8 Å². The number of halogens is 2. The lowest BCUT2D eigenvalue weighted by molar-refractivity contribution is 0.626. The average molecular weight is 324 g/mol. The van der Waals surface area contributed by atoms with Gasteiger partial charge in [0.1, 0.15) is 5.82 Å². The molecule has 3 nitrogen and oxygen atoms in total. The number of pyridine rings is 1. The van der Waals surface area contributed by atoms with Gasteiger partial charge in [0.2, 0.25) is 0 Å². The summed E-state index contributed by atoms with van der Waals surface area (Å²) in [6.07, 6.45) is 1.76. The van der Waals surface area contributed by atoms with E-state index in [0.717, 1.165) is 21.5 Å². The second-order valence-corrected chi connectivity index (χ2v) is 5.21. The van der Waals surface area contributed by atoms with Crippen LogP contribution in [0.1, 0.15) is 5.56 Å². The predicted octanol–water partition coefficient (Wildman–Crippen LogP) is 3.66. The Morgan fingerprint density at radius 2 is 2.11 bits per heavy atom. The molecule has 1 aromatic carbocycles. The van der Waals surface area contributed by atoms with Gasteiger partial charge in [0.15, 0.2) is 5.82 Å². The van der Waals surface area contributed by atoms with Gasteiger partial charge in [0.25, 0.3) is 0 Å². The van der Waals surface area contributed by atoms with E-state index in [1.165, 1.54) is 12.1 Å². The summed E-state index contributed by atoms with van der Waals surface area (Å²) in [7, 11) is 3.89. The van der Waals surface area contributed by atoms with Crippen LogP contribution in [0.5, 0.6) is 0 Å². The summed E-state index contributed by atoms with van der Waals surface area (Å²) in [6, 6.07) is 8.54. The van der Waals surface area contributed by atoms with E-state index in [1.54, 1.807) is 12.3 Å². The van der Waals surface area contributed by atoms with Gasteiger partial charge in [-0.15, -0.1) is 0 Å². The van der Waals surface area contributed by atoms with Crippen LogP contribution in [0.4, 0.5) is 15.9 Å². The second-order valence-electron chi connectivity index (χ2n) is 4.36. The normalized spacial score (nSPS) is 10.3. The van der Waals surface area contributed by atoms with Crippen LogP contribution in [0, 0.1) is 5.82 Å². The van der Waals surface area contributed by atoms with Crippen molar-refractivity contribution in [1.82, 2.24) is 4.98 Å². The highest BCUT2D eigenvalue weighted by Crippen LogP contribution is 2.23. The molecule has 2 aromatic rings. The maximum absolute atomic E-state index is 13.0. The lowest BCUT2D eigenvalue weighted by Crippen LogP contribution is -2.13. The van der Waals surface area contributed by atoms with Crippen molar-refractivity contribution in [2.45, 2.75) is 6.54 Å². The van der Waals surface area contributed by atoms with E-state index < -0.39 is 0 Å². The molecule has 19 heavy (non-hydrogen) atoms. The van der Waals surface area contributed by atoms with E-state index in [0.29, 0.717) is 6.54 Å². The molecule has 0 spiro atoms. The van der Waals surface area contributed by atoms with E-state index in [9.17, 15) is 4.39 Å². The third-order valence-electron chi connectivity index (χ3n) is 2.69. The molecule has 2 rings (SSSR count). The number of nitrogens with zero attached hydrogens (tertiary/aromatic N) is 2. The van der Waals surface area contributed by atoms with E-state index in [2.05, 4.69) is 26.2 Å². The first-order valence-corrected chi connectivity index (χ1v) is 6.67. The SMILES string of the molecule is CN(C)c1ncccc1NCc1ccc(F)cc1Br. The van der Waals surface area contributed by atoms with E-state index in [-0.39, 0.29) is 5.82 Å². The number of hydrogen-bond donors (Lipinski definition) is 1. The van der Waals surface area contributed by atoms with Gasteiger partial charge in [-0.3, -0.25) is 0 Å². The summed E-state index contributed by atoms with van der Waals surface area (Å²) in [4.78, 5) is 6.27. The molecule has 0 aliphatic heterocycles. The molecule has 0 fully saturated rings. The fourth-order valence-electron chi connectivity index (χ4n) is 1.75. The number of benzene rings is 1. The smallest absolute Gasteiger partial charge is 0.151 e. The number of anilines is 2. The Morgan fingerprint density at radius 1 is 1.32 bits per heavy atom. The van der Waals surface area contributed by atoms with E-state index in [4.69, 9.17) is 0 Å². The predicted molar refractivity (Wildman–Crippen MR) is 80.0 cm³/mol. The van der Waals surface area contributed by atoms with Crippen molar-refractivity contribution in [3.63, 3.8) is 0 Å². The third-order valence-corrected chi connectivity index (χ3v) is 3.43. The number of nitrogens with one attached hydrogen (secondary N) is 1. The molecule has 100 valence electrons. The van der Waals surface area contributed by atoms with Gasteiger partial charge >= 0.3 is 0 Å². The molecule has 0 saturated heterocycles. The summed E-state index contributed by atoms with van der Waals surface area (Å²) >= 11 is 3.36. The summed E-state index contributed by atoms with van der Waals surface area (Å²) in [5.41, 5.74) is 1.94. The van der Waals surface area contributed by atoms with Crippen molar-refractivity contribution in [2.24, 2.45) is 0 Å². The van der Waals surface area contributed by atoms with Crippen LogP contribution in [0.25, 0.3) is 0 Å². The average Bonchev–Trinajstić information content (AvgIpc) is 2.38. The Labute approximate surface area is 120 Å². The van der Waals surface area contributed by atoms with Gasteiger partial charge < -0.3 is 10.2 Å². The topological polar surface area (TPSA) is 28.2 Å². The molecule has 0 amide bonds. The Hall–Kier alpha value is -1.62. The van der Waals surface area contributed by atoms with Crippen molar-refractivity contribution in [2.75, 3.05) is 24.3 Å². The quantitative estimate of drug-likeness (QED) is 0.930. The van der Waals surface area contributed by atoms with E-state index >= 15 is 0 Å². The maximum Gasteiger partial charge on any atom is 0.151 e. The van der Waals surface area contributed by atoms with Crippen LogP contribution in [0.2, 0.25) is 0 Å². The molecule has 5 heteroatoms. The molecule has 0 radical (unpaired) electrons. The zero-order chi connectivity index (χ0) is 13.8. The zero-order valence-electron chi connectivity index (χ0n) is 10.8. The first kappa shape index (κ1) is 13.8. The first-order chi connectivity index (χ1) is 9.08. The van der Waals surface area contributed by atoms with Crippen LogP contribution in [-0.4, -0.2) is 19.1 Å². The molecular formula is C14H15BrFN3. The van der Waals surface area contributed by atoms with Gasteiger partial charge in [0.05, 0.1) is 5.69 Å². The number of hydrogen-bond acceptors (Lipinski definition) is 3. The summed E-state index contributed by atoms with van der Waals surface area (Å²) in [6.45, 7) is 0.605. The standard InChI is InChI=1S/C14H15BrFN3/c1-19(2)14-13(4-3-7-17-14)18-9-10-5-6-11(16)8-12(10)15/h3-8,18H,9H2,1-2H3. The Bertz CT molecular complexity index is 572. The molecule has 0 aliphatic carbocycles. The van der Waals surface area contributed by atoms with Crippen molar-refractivity contribution >= 4 is 27.4 Å². The molecule has 0 unspecified atom stereocenters. The fraction of sp³-hybridized carbons (Fsp3) is 0.214. The van der Waals surface area contributed by atoms with Crippen LogP contribution >= 0.6 is 15.9 Å². The summed E-state index contributed by atoms with van der Waals surface area (Å²) in [5.74, 6) is 0.631. The number of aromatic nitrogens is 1. The van der Waals surface area contributed by atoms with Gasteiger partial charge in [-0.1, -0.05) is 22.0 Å². The van der Waals surface area contributed by atoms with Crippen molar-refractivity contribution in [1.29, 1.82) is 0 Å². The highest BCUT2D eigenvalue weighted by atomic mass is 79.9. The molecule has 0 bridgehead atoms. The van der Waals surface area contributed by atoms with Crippen LogP contribution in [0.3, 0.4) is 0 Å². The minimum absolute atomic E-state index is 0.244. The Kier molecular flexibility index (Phi) is 4.37. The van der Waals surface area contributed by atoms with Gasteiger partial charge in [-0.2, -0.15) is 0 Å². The van der Waals surface area contributed by atoms with Crippen LogP contribution in [-0.2, 0) is 6.54 Å². The zero-order valence-corrected chi connectivity index (χ0v) is 12.4. The van der Waals surface area contributed by atoms with Gasteiger partial charge in [-0.25, -0.2) is 9.37 Å². The summed E-state index contributed by atoms with van der Waals surface area (Å²) in [5, 5.41) is 3.31. The maximum atomic E-state index is 13.0. The largest absolute Gasteiger partial charge is 0.378 e. The van der Waals surface area contributed by atoms with Crippen LogP contribution < -0.4 is 10.2 Å². The fourth-order valence-corrected chi connectivity index (χ4v) is 2.24. The lowest BCUT2D eigenvalue weighted by Gasteiger charge is -2.17. The minimum Gasteiger partial charge on any atom is -0.378 e. The lowest BCUT2D eigenvalue weighted by atomic mass is 10.2. The highest BCUT2D eigenvalue weighted by molar-refractivity contribution is 9.10. The molecule has 1 N–H and O–H groups in total. The molecule has 0 atom stereocenters. The monoisotopic (exact) mass is 323 g/mol. The van der Waals surface area contributed by atoms with Crippen LogP contribution in [0.15, 0.2) is 41.0 Å². The van der Waals surface area contributed by atoms with Crippen molar-refractivity contribution < 1.29 is 4.39 Å². The highest BCUT2D eigenvalue weighted by Gasteiger charge is 2.06. The second kappa shape index (κ2) is 6.02.